The predicted molar refractivity (Wildman–Crippen MR) is 39.9 cm³/mol. The number of piperidine rings is 1. The van der Waals surface area contributed by atoms with E-state index < -0.39 is 0 Å². The van der Waals surface area contributed by atoms with Crippen molar-refractivity contribution in [3.63, 3.8) is 0 Å². The minimum absolute atomic E-state index is 0.853. The van der Waals surface area contributed by atoms with E-state index in [0.717, 1.165) is 18.0 Å². The average molecular weight is 138 g/mol. The fourth-order valence-corrected chi connectivity index (χ4v) is 2.88. The van der Waals surface area contributed by atoms with Crippen LogP contribution >= 0.6 is 0 Å². The summed E-state index contributed by atoms with van der Waals surface area (Å²) in [7, 11) is 0. The van der Waals surface area contributed by atoms with Gasteiger partial charge in [-0.1, -0.05) is 0 Å². The zero-order chi connectivity index (χ0) is 6.55. The number of hydrogen-bond acceptors (Lipinski definition) is 2. The Hall–Kier alpha value is -0.0800. The lowest BCUT2D eigenvalue weighted by Crippen LogP contribution is -2.54. The van der Waals surface area contributed by atoms with E-state index in [4.69, 9.17) is 0 Å². The molecule has 10 heavy (non-hydrogen) atoms. The number of nitrogens with one attached hydrogen (secondary N) is 1. The van der Waals surface area contributed by atoms with Crippen molar-refractivity contribution in [3.8, 4) is 0 Å². The van der Waals surface area contributed by atoms with Crippen LogP contribution in [0, 0.1) is 5.92 Å². The van der Waals surface area contributed by atoms with Gasteiger partial charge in [0.25, 0.3) is 0 Å². The first kappa shape index (κ1) is 5.56. The third kappa shape index (κ3) is 0.611. The number of rotatable bonds is 0. The van der Waals surface area contributed by atoms with Crippen LogP contribution in [0.25, 0.3) is 0 Å². The minimum atomic E-state index is 0.853. The van der Waals surface area contributed by atoms with Crippen LogP contribution in [0.4, 0.5) is 0 Å². The molecule has 3 aliphatic heterocycles. The molecule has 0 spiro atoms. The molecule has 3 fully saturated rings. The summed E-state index contributed by atoms with van der Waals surface area (Å²) < 4.78 is 0. The topological polar surface area (TPSA) is 15.3 Å². The van der Waals surface area contributed by atoms with Gasteiger partial charge in [0.1, 0.15) is 0 Å². The van der Waals surface area contributed by atoms with E-state index in [0.29, 0.717) is 0 Å². The zero-order valence-electron chi connectivity index (χ0n) is 6.21. The van der Waals surface area contributed by atoms with Crippen molar-refractivity contribution < 1.29 is 0 Å². The fourth-order valence-electron chi connectivity index (χ4n) is 2.88. The maximum Gasteiger partial charge on any atom is 0.0227 e. The van der Waals surface area contributed by atoms with Crippen molar-refractivity contribution in [2.24, 2.45) is 5.92 Å². The summed E-state index contributed by atoms with van der Waals surface area (Å²) in [6.07, 6.45) is 2.91. The van der Waals surface area contributed by atoms with Gasteiger partial charge >= 0.3 is 0 Å². The molecule has 0 aromatic rings. The van der Waals surface area contributed by atoms with E-state index in [2.05, 4.69) is 10.2 Å². The number of piperazine rings is 1. The maximum atomic E-state index is 3.68. The van der Waals surface area contributed by atoms with Gasteiger partial charge in [0.2, 0.25) is 0 Å². The predicted octanol–water partition coefficient (Wildman–Crippen LogP) is 0.0524. The summed E-state index contributed by atoms with van der Waals surface area (Å²) in [6.45, 7) is 4.04. The van der Waals surface area contributed by atoms with Gasteiger partial charge < -0.3 is 10.2 Å². The van der Waals surface area contributed by atoms with Crippen molar-refractivity contribution in [3.05, 3.63) is 0 Å². The van der Waals surface area contributed by atoms with Crippen molar-refractivity contribution in [2.75, 3.05) is 19.6 Å². The second kappa shape index (κ2) is 1.74. The summed E-state index contributed by atoms with van der Waals surface area (Å²) in [5, 5.41) is 3.68. The van der Waals surface area contributed by atoms with Crippen molar-refractivity contribution >= 4 is 0 Å². The van der Waals surface area contributed by atoms with E-state index in [1.807, 2.05) is 0 Å². The Morgan fingerprint density at radius 1 is 1.30 bits per heavy atom. The van der Waals surface area contributed by atoms with Crippen LogP contribution in [0.3, 0.4) is 0 Å². The van der Waals surface area contributed by atoms with E-state index >= 15 is 0 Å². The molecule has 3 aliphatic rings. The number of fused-ring (bicyclic) bond motifs is 2. The molecule has 0 aliphatic carbocycles. The average Bonchev–Trinajstić information content (AvgIpc) is 2.11. The van der Waals surface area contributed by atoms with E-state index in [1.54, 1.807) is 0 Å². The first-order valence-electron chi connectivity index (χ1n) is 4.40. The Kier molecular flexibility index (Phi) is 0.968. The third-order valence-corrected chi connectivity index (χ3v) is 3.36. The summed E-state index contributed by atoms with van der Waals surface area (Å²) in [5.74, 6) is 1.03. The third-order valence-electron chi connectivity index (χ3n) is 3.36. The molecule has 0 amide bonds. The van der Waals surface area contributed by atoms with Crippen molar-refractivity contribution in [1.29, 1.82) is 0 Å². The molecule has 0 aromatic carbocycles. The molecule has 3 saturated heterocycles. The van der Waals surface area contributed by atoms with Crippen LogP contribution in [0.15, 0.2) is 0 Å². The van der Waals surface area contributed by atoms with Crippen LogP contribution in [-0.2, 0) is 0 Å². The maximum absolute atomic E-state index is 3.68. The molecule has 2 heteroatoms. The highest BCUT2D eigenvalue weighted by atomic mass is 15.3. The van der Waals surface area contributed by atoms with Crippen LogP contribution in [0.2, 0.25) is 0 Å². The molecular formula is C8H14N2. The highest BCUT2D eigenvalue weighted by Gasteiger charge is 2.42. The molecule has 56 valence electrons. The van der Waals surface area contributed by atoms with Gasteiger partial charge in [-0.2, -0.15) is 0 Å². The summed E-state index contributed by atoms with van der Waals surface area (Å²) >= 11 is 0. The molecule has 3 heterocycles. The highest BCUT2D eigenvalue weighted by Crippen LogP contribution is 2.33. The lowest BCUT2D eigenvalue weighted by molar-refractivity contribution is 0.146. The van der Waals surface area contributed by atoms with Gasteiger partial charge in [0.05, 0.1) is 0 Å². The van der Waals surface area contributed by atoms with Gasteiger partial charge in [0.15, 0.2) is 0 Å². The van der Waals surface area contributed by atoms with Gasteiger partial charge in [0, 0.05) is 25.2 Å². The molecule has 3 bridgehead atoms. The molecule has 1 N–H and O–H groups in total. The summed E-state index contributed by atoms with van der Waals surface area (Å²) in [4.78, 5) is 2.62. The van der Waals surface area contributed by atoms with Crippen molar-refractivity contribution in [1.82, 2.24) is 10.2 Å². The smallest absolute Gasteiger partial charge is 0.0227 e. The first-order valence-corrected chi connectivity index (χ1v) is 4.40. The Labute approximate surface area is 61.6 Å². The van der Waals surface area contributed by atoms with Gasteiger partial charge in [-0.15, -0.1) is 0 Å². The standard InChI is InChI=1S/C8H14N2/c1-2-10-4-7-3-6(1)8(5-10)9-7/h6-9H,1-5H2/t6?,7?,8-/m1/s1. The van der Waals surface area contributed by atoms with Gasteiger partial charge in [-0.3, -0.25) is 0 Å². The molecule has 3 unspecified atom stereocenters. The Balaban J connectivity index is 1.94. The van der Waals surface area contributed by atoms with Crippen LogP contribution in [0.5, 0.6) is 0 Å². The Bertz CT molecular complexity index is 147. The Morgan fingerprint density at radius 3 is 3.30 bits per heavy atom. The lowest BCUT2D eigenvalue weighted by atomic mass is 9.94. The van der Waals surface area contributed by atoms with Gasteiger partial charge in [-0.05, 0) is 25.3 Å². The van der Waals surface area contributed by atoms with Gasteiger partial charge in [-0.25, -0.2) is 0 Å². The van der Waals surface area contributed by atoms with E-state index in [1.165, 1.54) is 32.5 Å². The molecule has 4 atom stereocenters. The lowest BCUT2D eigenvalue weighted by Gasteiger charge is -2.37. The molecule has 3 rings (SSSR count). The number of nitrogens with zero attached hydrogens (tertiary/aromatic N) is 1. The van der Waals surface area contributed by atoms with E-state index in [9.17, 15) is 0 Å². The molecule has 0 radical (unpaired) electrons. The second-order valence-electron chi connectivity index (χ2n) is 4.01. The zero-order valence-corrected chi connectivity index (χ0v) is 6.21. The highest BCUT2D eigenvalue weighted by molar-refractivity contribution is 5.01. The largest absolute Gasteiger partial charge is 0.308 e. The monoisotopic (exact) mass is 138 g/mol. The Morgan fingerprint density at radius 2 is 2.30 bits per heavy atom. The van der Waals surface area contributed by atoms with Crippen LogP contribution < -0.4 is 5.32 Å². The van der Waals surface area contributed by atoms with Crippen molar-refractivity contribution in [2.45, 2.75) is 24.9 Å². The molecular weight excluding hydrogens is 124 g/mol. The quantitative estimate of drug-likeness (QED) is 0.509. The fraction of sp³-hybridized carbons (Fsp3) is 1.00. The normalized spacial score (nSPS) is 57.6. The first-order chi connectivity index (χ1) is 4.92. The number of hydrogen-bond donors (Lipinski definition) is 1. The van der Waals surface area contributed by atoms with E-state index in [-0.39, 0.29) is 0 Å². The van der Waals surface area contributed by atoms with Crippen LogP contribution in [0.1, 0.15) is 12.8 Å². The summed E-state index contributed by atoms with van der Waals surface area (Å²) in [6, 6.07) is 1.72. The minimum Gasteiger partial charge on any atom is -0.308 e. The second-order valence-corrected chi connectivity index (χ2v) is 4.01. The molecule has 0 aromatic heterocycles. The SMILES string of the molecule is C1CN2CC3CC1[C@@H](C2)N3. The molecule has 0 saturated carbocycles. The van der Waals surface area contributed by atoms with Crippen LogP contribution in [-0.4, -0.2) is 36.6 Å². The molecule has 2 nitrogen and oxygen atoms in total. The summed E-state index contributed by atoms with van der Waals surface area (Å²) in [5.41, 5.74) is 0.